The van der Waals surface area contributed by atoms with Gasteiger partial charge >= 0.3 is 0 Å². The van der Waals surface area contributed by atoms with Gasteiger partial charge in [-0.3, -0.25) is 19.7 Å². The number of imide groups is 1. The van der Waals surface area contributed by atoms with Gasteiger partial charge in [0.05, 0.1) is 0 Å². The molecule has 0 spiro atoms. The maximum absolute atomic E-state index is 12.9. The standard InChI is InChI=1S/C22H28N4O3/c27-19-7-6-17(20(28)25-19)26-12-16-14(3-1-4-15(16)21(26)29)11-23-13-22-8-2-5-18(22)24-10-9-22/h1,3-4,17-18,23-24H,2,5-13H2,(H,25,27,28)/t17?,18-,22-/m1/s1. The van der Waals surface area contributed by atoms with Gasteiger partial charge in [0.2, 0.25) is 11.8 Å². The van der Waals surface area contributed by atoms with Crippen LogP contribution in [-0.4, -0.2) is 47.8 Å². The molecule has 5 rings (SSSR count). The first-order chi connectivity index (χ1) is 14.1. The van der Waals surface area contributed by atoms with Crippen molar-refractivity contribution in [3.63, 3.8) is 0 Å². The van der Waals surface area contributed by atoms with E-state index in [1.165, 1.54) is 25.7 Å². The molecule has 3 aliphatic heterocycles. The molecule has 154 valence electrons. The highest BCUT2D eigenvalue weighted by atomic mass is 16.2. The molecule has 3 fully saturated rings. The number of nitrogens with one attached hydrogen (secondary N) is 3. The number of hydrogen-bond donors (Lipinski definition) is 3. The number of benzene rings is 1. The zero-order chi connectivity index (χ0) is 20.0. The summed E-state index contributed by atoms with van der Waals surface area (Å²) in [6, 6.07) is 5.93. The number of carbonyl (C=O) groups is 3. The highest BCUT2D eigenvalue weighted by molar-refractivity contribution is 6.05. The highest BCUT2D eigenvalue weighted by Gasteiger charge is 2.45. The normalized spacial score (nSPS) is 31.2. The molecule has 7 nitrogen and oxygen atoms in total. The summed E-state index contributed by atoms with van der Waals surface area (Å²) in [5.41, 5.74) is 3.21. The van der Waals surface area contributed by atoms with Crippen LogP contribution in [0.2, 0.25) is 0 Å². The molecule has 0 bridgehead atoms. The van der Waals surface area contributed by atoms with Crippen LogP contribution in [0.3, 0.4) is 0 Å². The van der Waals surface area contributed by atoms with Crippen LogP contribution in [-0.2, 0) is 22.7 Å². The molecular weight excluding hydrogens is 368 g/mol. The molecule has 29 heavy (non-hydrogen) atoms. The van der Waals surface area contributed by atoms with Gasteiger partial charge in [0, 0.05) is 37.7 Å². The Kier molecular flexibility index (Phi) is 4.67. The van der Waals surface area contributed by atoms with Gasteiger partial charge in [0.25, 0.3) is 5.91 Å². The predicted molar refractivity (Wildman–Crippen MR) is 107 cm³/mol. The van der Waals surface area contributed by atoms with Gasteiger partial charge in [-0.2, -0.15) is 0 Å². The molecule has 0 aromatic heterocycles. The van der Waals surface area contributed by atoms with Crippen LogP contribution >= 0.6 is 0 Å². The Labute approximate surface area is 170 Å². The first-order valence-corrected chi connectivity index (χ1v) is 10.8. The SMILES string of the molecule is O=C1CCC(N2Cc3c(CNC[C@]45CCC[C@H]4NCC5)cccc3C2=O)C(=O)N1. The Hall–Kier alpha value is -2.25. The fraction of sp³-hybridized carbons (Fsp3) is 0.591. The summed E-state index contributed by atoms with van der Waals surface area (Å²) in [4.78, 5) is 38.3. The molecule has 3 atom stereocenters. The molecule has 3 heterocycles. The van der Waals surface area contributed by atoms with E-state index in [-0.39, 0.29) is 24.1 Å². The Bertz CT molecular complexity index is 858. The Morgan fingerprint density at radius 2 is 2.07 bits per heavy atom. The van der Waals surface area contributed by atoms with Crippen LogP contribution in [0.25, 0.3) is 0 Å². The molecule has 1 aromatic rings. The minimum absolute atomic E-state index is 0.106. The topological polar surface area (TPSA) is 90.5 Å². The fourth-order valence-corrected chi connectivity index (χ4v) is 5.81. The maximum atomic E-state index is 12.9. The minimum Gasteiger partial charge on any atom is -0.322 e. The van der Waals surface area contributed by atoms with Gasteiger partial charge in [0.1, 0.15) is 6.04 Å². The third-order valence-electron chi connectivity index (χ3n) is 7.39. The molecule has 1 aliphatic carbocycles. The second-order valence-electron chi connectivity index (χ2n) is 8.96. The number of rotatable bonds is 5. The zero-order valence-electron chi connectivity index (χ0n) is 16.6. The van der Waals surface area contributed by atoms with Crippen LogP contribution in [0.5, 0.6) is 0 Å². The first kappa shape index (κ1) is 18.8. The lowest BCUT2D eigenvalue weighted by atomic mass is 9.82. The Morgan fingerprint density at radius 3 is 2.93 bits per heavy atom. The van der Waals surface area contributed by atoms with Crippen molar-refractivity contribution >= 4 is 17.7 Å². The smallest absolute Gasteiger partial charge is 0.255 e. The summed E-state index contributed by atoms with van der Waals surface area (Å²) in [5, 5.41) is 9.68. The van der Waals surface area contributed by atoms with E-state index in [2.05, 4.69) is 22.0 Å². The molecule has 1 aromatic carbocycles. The number of hydrogen-bond acceptors (Lipinski definition) is 5. The van der Waals surface area contributed by atoms with Crippen LogP contribution in [0.1, 0.15) is 60.0 Å². The van der Waals surface area contributed by atoms with Crippen molar-refractivity contribution in [1.82, 2.24) is 20.9 Å². The number of amides is 3. The molecule has 7 heteroatoms. The summed E-state index contributed by atoms with van der Waals surface area (Å²) >= 11 is 0. The van der Waals surface area contributed by atoms with Crippen LogP contribution in [0, 0.1) is 5.41 Å². The van der Waals surface area contributed by atoms with Gasteiger partial charge in [0.15, 0.2) is 0 Å². The van der Waals surface area contributed by atoms with Crippen LogP contribution < -0.4 is 16.0 Å². The van der Waals surface area contributed by atoms with Crippen molar-refractivity contribution < 1.29 is 14.4 Å². The van der Waals surface area contributed by atoms with E-state index in [1.807, 2.05) is 12.1 Å². The Balaban J connectivity index is 1.28. The third kappa shape index (κ3) is 3.16. The molecule has 2 saturated heterocycles. The van der Waals surface area contributed by atoms with Crippen LogP contribution in [0.4, 0.5) is 0 Å². The number of nitrogens with zero attached hydrogens (tertiary/aromatic N) is 1. The van der Waals surface area contributed by atoms with E-state index in [9.17, 15) is 14.4 Å². The summed E-state index contributed by atoms with van der Waals surface area (Å²) in [5.74, 6) is -0.723. The lowest BCUT2D eigenvalue weighted by Gasteiger charge is -2.29. The zero-order valence-corrected chi connectivity index (χ0v) is 16.6. The summed E-state index contributed by atoms with van der Waals surface area (Å²) in [7, 11) is 0. The van der Waals surface area contributed by atoms with Crippen molar-refractivity contribution in [2.45, 2.75) is 63.7 Å². The molecule has 3 amide bonds. The second kappa shape index (κ2) is 7.22. The van der Waals surface area contributed by atoms with Crippen molar-refractivity contribution in [2.24, 2.45) is 5.41 Å². The number of fused-ring (bicyclic) bond motifs is 2. The average Bonchev–Trinajstić information content (AvgIpc) is 3.35. The highest BCUT2D eigenvalue weighted by Crippen LogP contribution is 2.44. The number of carbonyl (C=O) groups excluding carboxylic acids is 3. The van der Waals surface area contributed by atoms with Crippen molar-refractivity contribution in [3.05, 3.63) is 34.9 Å². The predicted octanol–water partition coefficient (Wildman–Crippen LogP) is 1.07. The number of piperidine rings is 1. The van der Waals surface area contributed by atoms with Crippen molar-refractivity contribution in [1.29, 1.82) is 0 Å². The summed E-state index contributed by atoms with van der Waals surface area (Å²) in [6.45, 7) is 3.28. The average molecular weight is 396 g/mol. The largest absolute Gasteiger partial charge is 0.322 e. The first-order valence-electron chi connectivity index (χ1n) is 10.8. The van der Waals surface area contributed by atoms with Gasteiger partial charge in [-0.1, -0.05) is 18.6 Å². The van der Waals surface area contributed by atoms with Gasteiger partial charge in [-0.25, -0.2) is 0 Å². The molecular formula is C22H28N4O3. The third-order valence-corrected chi connectivity index (χ3v) is 7.39. The Morgan fingerprint density at radius 1 is 1.17 bits per heavy atom. The second-order valence-corrected chi connectivity index (χ2v) is 8.96. The monoisotopic (exact) mass is 396 g/mol. The molecule has 1 unspecified atom stereocenters. The van der Waals surface area contributed by atoms with Crippen molar-refractivity contribution in [2.75, 3.05) is 13.1 Å². The summed E-state index contributed by atoms with van der Waals surface area (Å²) < 4.78 is 0. The van der Waals surface area contributed by atoms with Gasteiger partial charge in [-0.15, -0.1) is 0 Å². The lowest BCUT2D eigenvalue weighted by molar-refractivity contribution is -0.136. The van der Waals surface area contributed by atoms with E-state index < -0.39 is 6.04 Å². The maximum Gasteiger partial charge on any atom is 0.255 e. The lowest BCUT2D eigenvalue weighted by Crippen LogP contribution is -2.52. The van der Waals surface area contributed by atoms with E-state index in [4.69, 9.17) is 0 Å². The van der Waals surface area contributed by atoms with Gasteiger partial charge < -0.3 is 15.5 Å². The van der Waals surface area contributed by atoms with Crippen molar-refractivity contribution in [3.8, 4) is 0 Å². The van der Waals surface area contributed by atoms with E-state index >= 15 is 0 Å². The van der Waals surface area contributed by atoms with E-state index in [0.717, 1.165) is 30.8 Å². The van der Waals surface area contributed by atoms with Crippen LogP contribution in [0.15, 0.2) is 18.2 Å². The molecule has 1 saturated carbocycles. The quantitative estimate of drug-likeness (QED) is 0.648. The van der Waals surface area contributed by atoms with E-state index in [0.29, 0.717) is 30.0 Å². The molecule has 3 N–H and O–H groups in total. The fourth-order valence-electron chi connectivity index (χ4n) is 5.81. The molecule has 0 radical (unpaired) electrons. The minimum atomic E-state index is -0.559. The summed E-state index contributed by atoms with van der Waals surface area (Å²) in [6.07, 6.45) is 5.77. The van der Waals surface area contributed by atoms with Gasteiger partial charge in [-0.05, 0) is 54.8 Å². The van der Waals surface area contributed by atoms with E-state index in [1.54, 1.807) is 4.90 Å². The molecule has 4 aliphatic rings.